The largest absolute Gasteiger partial charge is 0.345 e. The minimum absolute atomic E-state index is 0.0133. The minimum Gasteiger partial charge on any atom is -0.345 e. The first-order chi connectivity index (χ1) is 11.0. The van der Waals surface area contributed by atoms with E-state index < -0.39 is 0 Å². The summed E-state index contributed by atoms with van der Waals surface area (Å²) < 4.78 is 1.03. The molecule has 0 aliphatic rings. The van der Waals surface area contributed by atoms with E-state index in [1.165, 1.54) is 0 Å². The van der Waals surface area contributed by atoms with Crippen LogP contribution in [-0.4, -0.2) is 12.5 Å². The minimum atomic E-state index is -0.0142. The maximum absolute atomic E-state index is 12.1. The molecule has 0 radical (unpaired) electrons. The number of hydrogen-bond donors (Lipinski definition) is 2. The van der Waals surface area contributed by atoms with Crippen LogP contribution in [0.3, 0.4) is 0 Å². The van der Waals surface area contributed by atoms with Gasteiger partial charge in [0.05, 0.1) is 6.04 Å². The summed E-state index contributed by atoms with van der Waals surface area (Å²) in [7, 11) is 0. The third kappa shape index (κ3) is 5.34. The van der Waals surface area contributed by atoms with Gasteiger partial charge in [0.2, 0.25) is 0 Å². The second-order valence-corrected chi connectivity index (χ2v) is 6.91. The number of benzene rings is 2. The lowest BCUT2D eigenvalue weighted by Gasteiger charge is -2.16. The predicted octanol–water partition coefficient (Wildman–Crippen LogP) is 3.60. The van der Waals surface area contributed by atoms with Gasteiger partial charge in [-0.25, -0.2) is 0 Å². The van der Waals surface area contributed by atoms with Crippen LogP contribution in [0.1, 0.15) is 37.1 Å². The van der Waals surface area contributed by atoms with Gasteiger partial charge < -0.3 is 10.6 Å². The van der Waals surface area contributed by atoms with Crippen molar-refractivity contribution in [3.05, 3.63) is 69.2 Å². The monoisotopic (exact) mass is 395 g/mol. The molecule has 0 unspecified atom stereocenters. The molecule has 2 aromatic rings. The summed E-state index contributed by atoms with van der Waals surface area (Å²) in [6.45, 7) is 4.40. The van der Waals surface area contributed by atoms with Gasteiger partial charge in [-0.15, -0.1) is 0 Å². The number of carbonyl (C=O) groups excluding carboxylic acids is 1. The Morgan fingerprint density at radius 3 is 2.48 bits per heavy atom. The number of rotatable bonds is 6. The topological polar surface area (TPSA) is 45.7 Å². The lowest BCUT2D eigenvalue weighted by atomic mass is 10.1. The van der Waals surface area contributed by atoms with E-state index in [1.807, 2.05) is 67.7 Å². The number of hydrogen-bond acceptors (Lipinski definition) is 1. The summed E-state index contributed by atoms with van der Waals surface area (Å²) in [4.78, 5) is 12.1. The Balaban J connectivity index is 1.85. The van der Waals surface area contributed by atoms with Crippen LogP contribution in [0.5, 0.6) is 0 Å². The van der Waals surface area contributed by atoms with Gasteiger partial charge in [-0.05, 0) is 37.6 Å². The lowest BCUT2D eigenvalue weighted by Crippen LogP contribution is -2.87. The highest BCUT2D eigenvalue weighted by molar-refractivity contribution is 9.10. The summed E-state index contributed by atoms with van der Waals surface area (Å²) in [6.07, 6.45) is 0. The summed E-state index contributed by atoms with van der Waals surface area (Å²) in [5.74, 6) is 0.0133. The summed E-state index contributed by atoms with van der Waals surface area (Å²) in [6, 6.07) is 15.8. The van der Waals surface area contributed by atoms with Crippen LogP contribution in [-0.2, 0) is 4.79 Å². The summed E-state index contributed by atoms with van der Waals surface area (Å²) in [5.41, 5.74) is 2.13. The molecule has 0 spiro atoms. The van der Waals surface area contributed by atoms with Crippen LogP contribution in [0, 0.1) is 0 Å². The van der Waals surface area contributed by atoms with Crippen LogP contribution in [0.15, 0.2) is 53.0 Å². The molecule has 3 nitrogen and oxygen atoms in total. The highest BCUT2D eigenvalue weighted by Gasteiger charge is 2.15. The molecule has 2 rings (SSSR count). The van der Waals surface area contributed by atoms with Crippen LogP contribution < -0.4 is 10.6 Å². The Morgan fingerprint density at radius 2 is 1.83 bits per heavy atom. The van der Waals surface area contributed by atoms with Crippen LogP contribution in [0.4, 0.5) is 0 Å². The van der Waals surface area contributed by atoms with Crippen LogP contribution in [0.2, 0.25) is 5.02 Å². The third-order valence-electron chi connectivity index (χ3n) is 3.80. The van der Waals surface area contributed by atoms with Gasteiger partial charge in [-0.3, -0.25) is 4.79 Å². The summed E-state index contributed by atoms with van der Waals surface area (Å²) >= 11 is 9.60. The maximum Gasteiger partial charge on any atom is 0.275 e. The number of quaternary nitrogens is 1. The first kappa shape index (κ1) is 18.0. The summed E-state index contributed by atoms with van der Waals surface area (Å²) in [5, 5.41) is 5.75. The fourth-order valence-corrected chi connectivity index (χ4v) is 2.96. The number of nitrogens with one attached hydrogen (secondary N) is 1. The molecular weight excluding hydrogens is 376 g/mol. The number of amides is 1. The van der Waals surface area contributed by atoms with Crippen molar-refractivity contribution in [1.29, 1.82) is 0 Å². The number of carbonyl (C=O) groups is 1. The third-order valence-corrected chi connectivity index (χ3v) is 4.67. The van der Waals surface area contributed by atoms with Crippen molar-refractivity contribution < 1.29 is 10.1 Å². The van der Waals surface area contributed by atoms with Crippen molar-refractivity contribution in [2.75, 3.05) is 6.54 Å². The van der Waals surface area contributed by atoms with E-state index in [0.29, 0.717) is 6.54 Å². The Bertz CT molecular complexity index is 660. The average molecular weight is 397 g/mol. The van der Waals surface area contributed by atoms with Gasteiger partial charge in [0.15, 0.2) is 6.54 Å². The SMILES string of the molecule is C[C@H](NC(=O)C[NH2+][C@H](C)c1ccccc1Cl)c1ccc(Br)cc1. The molecule has 0 aliphatic heterocycles. The Labute approximate surface area is 150 Å². The number of halogens is 2. The van der Waals surface area contributed by atoms with Gasteiger partial charge in [0.1, 0.15) is 6.04 Å². The second kappa shape index (κ2) is 8.48. The molecule has 0 saturated carbocycles. The molecule has 0 aromatic heterocycles. The molecule has 5 heteroatoms. The van der Waals surface area contributed by atoms with Crippen molar-refractivity contribution in [1.82, 2.24) is 5.32 Å². The van der Waals surface area contributed by atoms with E-state index in [2.05, 4.69) is 21.2 Å². The van der Waals surface area contributed by atoms with E-state index >= 15 is 0 Å². The van der Waals surface area contributed by atoms with E-state index in [9.17, 15) is 4.79 Å². The maximum atomic E-state index is 12.1. The smallest absolute Gasteiger partial charge is 0.275 e. The van der Waals surface area contributed by atoms with Crippen molar-refractivity contribution in [2.45, 2.75) is 25.9 Å². The van der Waals surface area contributed by atoms with E-state index in [1.54, 1.807) is 0 Å². The van der Waals surface area contributed by atoms with Crippen molar-refractivity contribution in [3.8, 4) is 0 Å². The molecule has 2 atom stereocenters. The van der Waals surface area contributed by atoms with Gasteiger partial charge in [-0.2, -0.15) is 0 Å². The van der Waals surface area contributed by atoms with Gasteiger partial charge >= 0.3 is 0 Å². The predicted molar refractivity (Wildman–Crippen MR) is 97.4 cm³/mol. The normalized spacial score (nSPS) is 13.4. The molecule has 3 N–H and O–H groups in total. The molecule has 2 aromatic carbocycles. The molecule has 0 heterocycles. The Hall–Kier alpha value is -1.36. The van der Waals surface area contributed by atoms with Crippen molar-refractivity contribution >= 4 is 33.4 Å². The Kier molecular flexibility index (Phi) is 6.63. The van der Waals surface area contributed by atoms with Crippen LogP contribution in [0.25, 0.3) is 0 Å². The van der Waals surface area contributed by atoms with E-state index in [-0.39, 0.29) is 18.0 Å². The molecule has 23 heavy (non-hydrogen) atoms. The molecule has 1 amide bonds. The average Bonchev–Trinajstić information content (AvgIpc) is 2.53. The zero-order valence-corrected chi connectivity index (χ0v) is 15.6. The van der Waals surface area contributed by atoms with Crippen molar-refractivity contribution in [3.63, 3.8) is 0 Å². The first-order valence-corrected chi connectivity index (χ1v) is 8.77. The van der Waals surface area contributed by atoms with Gasteiger partial charge in [-0.1, -0.05) is 57.9 Å². The van der Waals surface area contributed by atoms with Gasteiger partial charge in [0.25, 0.3) is 5.91 Å². The standard InChI is InChI=1S/C18H20BrClN2O/c1-12(14-7-9-15(19)10-8-14)22-18(23)11-21-13(2)16-5-3-4-6-17(16)20/h3-10,12-13,21H,11H2,1-2H3,(H,22,23)/p+1/t12-,13+/m0/s1. The molecular formula is C18H21BrClN2O+. The second-order valence-electron chi connectivity index (χ2n) is 5.59. The lowest BCUT2D eigenvalue weighted by molar-refractivity contribution is -0.682. The van der Waals surface area contributed by atoms with E-state index in [4.69, 9.17) is 11.6 Å². The molecule has 122 valence electrons. The molecule has 0 fully saturated rings. The zero-order valence-electron chi connectivity index (χ0n) is 13.2. The fourth-order valence-electron chi connectivity index (χ4n) is 2.39. The molecule has 0 aliphatic carbocycles. The molecule has 0 saturated heterocycles. The highest BCUT2D eigenvalue weighted by atomic mass is 79.9. The van der Waals surface area contributed by atoms with Crippen molar-refractivity contribution in [2.24, 2.45) is 0 Å². The first-order valence-electron chi connectivity index (χ1n) is 7.60. The Morgan fingerprint density at radius 1 is 1.17 bits per heavy atom. The van der Waals surface area contributed by atoms with Gasteiger partial charge in [0, 0.05) is 15.1 Å². The van der Waals surface area contributed by atoms with Crippen LogP contribution >= 0.6 is 27.5 Å². The fraction of sp³-hybridized carbons (Fsp3) is 0.278. The molecule has 0 bridgehead atoms. The van der Waals surface area contributed by atoms with E-state index in [0.717, 1.165) is 20.6 Å². The number of nitrogens with two attached hydrogens (primary N) is 1. The highest BCUT2D eigenvalue weighted by Crippen LogP contribution is 2.19. The quantitative estimate of drug-likeness (QED) is 0.770. The zero-order chi connectivity index (χ0) is 16.8.